The van der Waals surface area contributed by atoms with Gasteiger partial charge in [0, 0.05) is 11.8 Å². The van der Waals surface area contributed by atoms with Gasteiger partial charge in [0.1, 0.15) is 0 Å². The van der Waals surface area contributed by atoms with Crippen molar-refractivity contribution in [2.45, 2.75) is 57.8 Å². The molecule has 0 unspecified atom stereocenters. The molecule has 0 radical (unpaired) electrons. The van der Waals surface area contributed by atoms with E-state index in [9.17, 15) is 4.79 Å². The van der Waals surface area contributed by atoms with Gasteiger partial charge < -0.3 is 4.89 Å². The van der Waals surface area contributed by atoms with Gasteiger partial charge in [-0.25, -0.2) is 4.79 Å². The predicted octanol–water partition coefficient (Wildman–Crippen LogP) is 3.91. The summed E-state index contributed by atoms with van der Waals surface area (Å²) in [5, 5.41) is 9.11. The number of hydrogen-bond donors (Lipinski definition) is 1. The van der Waals surface area contributed by atoms with Crippen LogP contribution in [0.15, 0.2) is 0 Å². The van der Waals surface area contributed by atoms with Crippen molar-refractivity contribution in [1.82, 2.24) is 0 Å². The maximum atomic E-state index is 10.5. The number of alkyl halides is 1. The number of hydrogen-bond acceptors (Lipinski definition) is 3. The van der Waals surface area contributed by atoms with Crippen LogP contribution in [-0.2, 0) is 9.68 Å². The molecular formula is C11H21BrO3. The fourth-order valence-electron chi connectivity index (χ4n) is 1.47. The molecule has 0 atom stereocenters. The smallest absolute Gasteiger partial charge is 0.301 e. The highest BCUT2D eigenvalue weighted by atomic mass is 79.9. The van der Waals surface area contributed by atoms with Crippen molar-refractivity contribution in [3.8, 4) is 0 Å². The van der Waals surface area contributed by atoms with Crippen LogP contribution in [0.2, 0.25) is 0 Å². The van der Waals surface area contributed by atoms with Crippen molar-refractivity contribution in [1.29, 1.82) is 0 Å². The van der Waals surface area contributed by atoms with Crippen molar-refractivity contribution in [3.05, 3.63) is 0 Å². The first-order chi connectivity index (χ1) is 7.31. The summed E-state index contributed by atoms with van der Waals surface area (Å²) in [5.41, 5.74) is 0. The van der Waals surface area contributed by atoms with Crippen molar-refractivity contribution < 1.29 is 14.9 Å². The maximum Gasteiger partial charge on any atom is 0.342 e. The minimum absolute atomic E-state index is 0.333. The van der Waals surface area contributed by atoms with E-state index in [1.54, 1.807) is 0 Å². The zero-order valence-corrected chi connectivity index (χ0v) is 10.8. The molecule has 0 saturated carbocycles. The molecule has 3 nitrogen and oxygen atoms in total. The number of carbonyl (C=O) groups excluding carboxylic acids is 1. The average molecular weight is 281 g/mol. The first-order valence-corrected chi connectivity index (χ1v) is 6.83. The van der Waals surface area contributed by atoms with E-state index in [1.165, 1.54) is 38.5 Å². The molecule has 0 aromatic rings. The number of rotatable bonds is 10. The summed E-state index contributed by atoms with van der Waals surface area (Å²) in [7, 11) is 0. The molecule has 0 amide bonds. The third-order valence-corrected chi connectivity index (χ3v) is 2.93. The second kappa shape index (κ2) is 12.0. The highest BCUT2D eigenvalue weighted by Gasteiger charge is 2.00. The summed E-state index contributed by atoms with van der Waals surface area (Å²) in [4.78, 5) is 14.1. The predicted molar refractivity (Wildman–Crippen MR) is 64.1 cm³/mol. The Bertz CT molecular complexity index is 151. The molecule has 0 heterocycles. The molecule has 0 spiro atoms. The fraction of sp³-hybridized carbons (Fsp3) is 0.909. The van der Waals surface area contributed by atoms with Crippen LogP contribution in [0.3, 0.4) is 0 Å². The van der Waals surface area contributed by atoms with Crippen LogP contribution in [0.25, 0.3) is 0 Å². The van der Waals surface area contributed by atoms with Crippen molar-refractivity contribution >= 4 is 21.9 Å². The van der Waals surface area contributed by atoms with Crippen molar-refractivity contribution in [3.63, 3.8) is 0 Å². The van der Waals surface area contributed by atoms with E-state index < -0.39 is 5.97 Å². The quantitative estimate of drug-likeness (QED) is 0.286. The monoisotopic (exact) mass is 280 g/mol. The molecule has 0 fully saturated rings. The summed E-state index contributed by atoms with van der Waals surface area (Å²) in [6, 6.07) is 0. The van der Waals surface area contributed by atoms with Crippen molar-refractivity contribution in [2.75, 3.05) is 5.33 Å². The van der Waals surface area contributed by atoms with Crippen LogP contribution in [0.5, 0.6) is 0 Å². The number of halogens is 1. The minimum atomic E-state index is -0.521. The van der Waals surface area contributed by atoms with Crippen LogP contribution >= 0.6 is 15.9 Å². The summed E-state index contributed by atoms with van der Waals surface area (Å²) in [6.45, 7) is 0. The lowest BCUT2D eigenvalue weighted by atomic mass is 10.1. The van der Waals surface area contributed by atoms with E-state index in [0.717, 1.165) is 18.2 Å². The van der Waals surface area contributed by atoms with Gasteiger partial charge in [-0.2, -0.15) is 5.26 Å². The summed E-state index contributed by atoms with van der Waals surface area (Å²) in [6.07, 6.45) is 9.80. The van der Waals surface area contributed by atoms with E-state index in [-0.39, 0.29) is 0 Å². The molecule has 0 aliphatic heterocycles. The summed E-state index contributed by atoms with van der Waals surface area (Å²) >= 11 is 3.41. The Morgan fingerprint density at radius 1 is 0.933 bits per heavy atom. The van der Waals surface area contributed by atoms with Gasteiger partial charge >= 0.3 is 5.97 Å². The van der Waals surface area contributed by atoms with Gasteiger partial charge in [0.05, 0.1) is 0 Å². The third-order valence-electron chi connectivity index (χ3n) is 2.37. The lowest BCUT2D eigenvalue weighted by Gasteiger charge is -2.00. The van der Waals surface area contributed by atoms with Crippen LogP contribution in [0, 0.1) is 0 Å². The van der Waals surface area contributed by atoms with Gasteiger partial charge in [-0.3, -0.25) is 0 Å². The zero-order chi connectivity index (χ0) is 11.4. The standard InChI is InChI=1S/C11H21BrO3/c12-10-8-6-4-2-1-3-5-7-9-11(13)15-14/h14H,1-10H2. The Hall–Kier alpha value is -0.0900. The third kappa shape index (κ3) is 11.8. The van der Waals surface area contributed by atoms with Gasteiger partial charge in [-0.1, -0.05) is 54.5 Å². The second-order valence-corrected chi connectivity index (χ2v) is 4.52. The molecule has 90 valence electrons. The fourth-order valence-corrected chi connectivity index (χ4v) is 1.87. The lowest BCUT2D eigenvalue weighted by Crippen LogP contribution is -1.99. The Labute approximate surface area is 100 Å². The Morgan fingerprint density at radius 2 is 1.40 bits per heavy atom. The zero-order valence-electron chi connectivity index (χ0n) is 9.21. The van der Waals surface area contributed by atoms with E-state index in [2.05, 4.69) is 20.8 Å². The molecule has 0 bridgehead atoms. The van der Waals surface area contributed by atoms with Crippen LogP contribution < -0.4 is 0 Å². The second-order valence-electron chi connectivity index (χ2n) is 3.73. The van der Waals surface area contributed by atoms with E-state index in [1.807, 2.05) is 0 Å². The van der Waals surface area contributed by atoms with E-state index >= 15 is 0 Å². The normalized spacial score (nSPS) is 10.3. The summed E-state index contributed by atoms with van der Waals surface area (Å²) < 4.78 is 0. The Kier molecular flexibility index (Phi) is 11.9. The largest absolute Gasteiger partial charge is 0.342 e. The molecule has 4 heteroatoms. The number of unbranched alkanes of at least 4 members (excludes halogenated alkanes) is 7. The SMILES string of the molecule is O=C(CCCCCCCCCCBr)OO. The van der Waals surface area contributed by atoms with Crippen molar-refractivity contribution in [2.24, 2.45) is 0 Å². The molecule has 0 aromatic heterocycles. The first kappa shape index (κ1) is 14.9. The highest BCUT2D eigenvalue weighted by molar-refractivity contribution is 9.09. The van der Waals surface area contributed by atoms with Crippen LogP contribution in [0.1, 0.15) is 57.8 Å². The van der Waals surface area contributed by atoms with Crippen LogP contribution in [0.4, 0.5) is 0 Å². The average Bonchev–Trinajstić information content (AvgIpc) is 2.26. The minimum Gasteiger partial charge on any atom is -0.301 e. The molecule has 15 heavy (non-hydrogen) atoms. The van der Waals surface area contributed by atoms with Gasteiger partial charge in [-0.15, -0.1) is 0 Å². The summed E-state index contributed by atoms with van der Waals surface area (Å²) in [5.74, 6) is -0.521. The number of carbonyl (C=O) groups is 1. The molecule has 0 aliphatic rings. The van der Waals surface area contributed by atoms with E-state index in [0.29, 0.717) is 6.42 Å². The first-order valence-electron chi connectivity index (χ1n) is 5.71. The molecule has 0 rings (SSSR count). The maximum absolute atomic E-state index is 10.5. The molecule has 1 N–H and O–H groups in total. The molecule has 0 aromatic carbocycles. The van der Waals surface area contributed by atoms with Gasteiger partial charge in [-0.05, 0) is 12.8 Å². The molecular weight excluding hydrogens is 260 g/mol. The van der Waals surface area contributed by atoms with Gasteiger partial charge in [0.25, 0.3) is 0 Å². The van der Waals surface area contributed by atoms with Gasteiger partial charge in [0.15, 0.2) is 0 Å². The molecule has 0 aliphatic carbocycles. The van der Waals surface area contributed by atoms with Gasteiger partial charge in [0.2, 0.25) is 0 Å². The van der Waals surface area contributed by atoms with E-state index in [4.69, 9.17) is 5.26 Å². The Morgan fingerprint density at radius 3 is 1.87 bits per heavy atom. The molecule has 0 saturated heterocycles. The topological polar surface area (TPSA) is 46.5 Å². The van der Waals surface area contributed by atoms with Crippen LogP contribution in [-0.4, -0.2) is 16.6 Å². The lowest BCUT2D eigenvalue weighted by molar-refractivity contribution is -0.234. The Balaban J connectivity index is 2.95. The highest BCUT2D eigenvalue weighted by Crippen LogP contribution is 2.10.